The first-order valence-electron chi connectivity index (χ1n) is 5.08. The third-order valence-corrected chi connectivity index (χ3v) is 5.85. The van der Waals surface area contributed by atoms with Crippen LogP contribution >= 0.6 is 38.9 Å². The van der Waals surface area contributed by atoms with Crippen molar-refractivity contribution in [1.29, 1.82) is 0 Å². The lowest BCUT2D eigenvalue weighted by molar-refractivity contribution is 0.354. The Kier molecular flexibility index (Phi) is 5.46. The van der Waals surface area contributed by atoms with Gasteiger partial charge in [-0.1, -0.05) is 41.4 Å². The maximum Gasteiger partial charge on any atom is 0.250 e. The number of halogens is 2. The Morgan fingerprint density at radius 1 is 1.47 bits per heavy atom. The zero-order valence-corrected chi connectivity index (χ0v) is 13.6. The van der Waals surface area contributed by atoms with Crippen molar-refractivity contribution < 1.29 is 8.42 Å². The number of hydrogen-bond donors (Lipinski definition) is 1. The number of hydrogen-bond acceptors (Lipinski definition) is 3. The minimum Gasteiger partial charge on any atom is -0.210 e. The summed E-state index contributed by atoms with van der Waals surface area (Å²) in [5, 5.41) is 0.854. The van der Waals surface area contributed by atoms with E-state index in [0.717, 1.165) is 23.1 Å². The molecule has 0 bridgehead atoms. The minimum absolute atomic E-state index is 0.0718. The quantitative estimate of drug-likeness (QED) is 0.789. The molecule has 0 saturated heterocycles. The molecule has 0 spiro atoms. The molecule has 3 nitrogen and oxygen atoms in total. The van der Waals surface area contributed by atoms with E-state index >= 15 is 0 Å². The number of thiophene rings is 1. The number of rotatable bonds is 6. The van der Waals surface area contributed by atoms with Gasteiger partial charge in [0, 0.05) is 11.9 Å². The van der Waals surface area contributed by atoms with Crippen molar-refractivity contribution in [2.45, 2.75) is 24.5 Å². The largest absolute Gasteiger partial charge is 0.250 e. The van der Waals surface area contributed by atoms with Crippen LogP contribution in [0.5, 0.6) is 0 Å². The van der Waals surface area contributed by atoms with Gasteiger partial charge < -0.3 is 0 Å². The van der Waals surface area contributed by atoms with Crippen molar-refractivity contribution in [3.63, 3.8) is 0 Å². The Labute approximate surface area is 120 Å². The maximum absolute atomic E-state index is 11.9. The first-order chi connectivity index (χ1) is 7.77. The highest BCUT2D eigenvalue weighted by atomic mass is 79.9. The highest BCUT2D eigenvalue weighted by Gasteiger charge is 2.22. The van der Waals surface area contributed by atoms with E-state index in [1.165, 1.54) is 6.07 Å². The summed E-state index contributed by atoms with van der Waals surface area (Å²) in [4.78, 5) is 0. The molecule has 0 aromatic carbocycles. The van der Waals surface area contributed by atoms with Crippen LogP contribution in [-0.4, -0.2) is 20.3 Å². The fourth-order valence-corrected chi connectivity index (χ4v) is 4.99. The Bertz CT molecular complexity index is 470. The summed E-state index contributed by atoms with van der Waals surface area (Å²) in [7, 11) is -3.42. The third-order valence-electron chi connectivity index (χ3n) is 2.33. The predicted molar refractivity (Wildman–Crippen MR) is 76.7 cm³/mol. The van der Waals surface area contributed by atoms with Crippen LogP contribution in [0.3, 0.4) is 0 Å². The van der Waals surface area contributed by atoms with E-state index < -0.39 is 10.0 Å². The van der Waals surface area contributed by atoms with Gasteiger partial charge in [0.25, 0.3) is 0 Å². The molecular formula is C10H15BrClNO2S2. The van der Waals surface area contributed by atoms with E-state index in [0.29, 0.717) is 10.9 Å². The first kappa shape index (κ1) is 15.4. The molecule has 1 aromatic rings. The van der Waals surface area contributed by atoms with Gasteiger partial charge in [-0.25, -0.2) is 13.1 Å². The second-order valence-electron chi connectivity index (χ2n) is 4.49. The maximum atomic E-state index is 11.9. The molecule has 1 heterocycles. The molecule has 0 aliphatic rings. The highest BCUT2D eigenvalue weighted by Crippen LogP contribution is 2.26. The number of alkyl halides is 1. The molecule has 0 amide bonds. The average molecular weight is 361 g/mol. The van der Waals surface area contributed by atoms with Crippen molar-refractivity contribution in [1.82, 2.24) is 4.72 Å². The van der Waals surface area contributed by atoms with Crippen LogP contribution in [0, 0.1) is 5.41 Å². The SMILES string of the molecule is CC(C)(CCBr)CNS(=O)(=O)c1ccc(Cl)s1. The number of sulfonamides is 1. The Hall–Kier alpha value is 0.380. The van der Waals surface area contributed by atoms with Gasteiger partial charge in [0.05, 0.1) is 4.34 Å². The Balaban J connectivity index is 2.69. The van der Waals surface area contributed by atoms with Crippen LogP contribution in [-0.2, 0) is 10.0 Å². The fraction of sp³-hybridized carbons (Fsp3) is 0.600. The number of nitrogens with one attached hydrogen (secondary N) is 1. The molecular weight excluding hydrogens is 346 g/mol. The van der Waals surface area contributed by atoms with E-state index in [2.05, 4.69) is 20.7 Å². The van der Waals surface area contributed by atoms with Crippen molar-refractivity contribution in [3.8, 4) is 0 Å². The van der Waals surface area contributed by atoms with Gasteiger partial charge in [-0.15, -0.1) is 11.3 Å². The molecule has 0 saturated carbocycles. The second-order valence-corrected chi connectivity index (χ2v) is 8.99. The molecule has 7 heteroatoms. The topological polar surface area (TPSA) is 46.2 Å². The summed E-state index contributed by atoms with van der Waals surface area (Å²) in [5.74, 6) is 0. The van der Waals surface area contributed by atoms with E-state index in [9.17, 15) is 8.42 Å². The van der Waals surface area contributed by atoms with Gasteiger partial charge in [0.2, 0.25) is 10.0 Å². The van der Waals surface area contributed by atoms with Crippen molar-refractivity contribution in [2.75, 3.05) is 11.9 Å². The molecule has 0 aliphatic carbocycles. The predicted octanol–water partition coefficient (Wildman–Crippen LogP) is 3.49. The summed E-state index contributed by atoms with van der Waals surface area (Å²) >= 11 is 10.2. The summed E-state index contributed by atoms with van der Waals surface area (Å²) in [6, 6.07) is 3.11. The van der Waals surface area contributed by atoms with Crippen LogP contribution in [0.2, 0.25) is 4.34 Å². The smallest absolute Gasteiger partial charge is 0.210 e. The van der Waals surface area contributed by atoms with Gasteiger partial charge in [-0.3, -0.25) is 0 Å². The minimum atomic E-state index is -3.42. The van der Waals surface area contributed by atoms with Crippen molar-refractivity contribution in [2.24, 2.45) is 5.41 Å². The standard InChI is InChI=1S/C10H15BrClNO2S2/c1-10(2,5-6-11)7-13-17(14,15)9-4-3-8(12)16-9/h3-4,13H,5-7H2,1-2H3. The molecule has 0 radical (unpaired) electrons. The second kappa shape index (κ2) is 6.02. The van der Waals surface area contributed by atoms with Gasteiger partial charge in [-0.2, -0.15) is 0 Å². The Morgan fingerprint density at radius 3 is 2.59 bits per heavy atom. The lowest BCUT2D eigenvalue weighted by atomic mass is 9.91. The zero-order valence-electron chi connectivity index (χ0n) is 9.66. The summed E-state index contributed by atoms with van der Waals surface area (Å²) < 4.78 is 27.2. The summed E-state index contributed by atoms with van der Waals surface area (Å²) in [6.45, 7) is 4.47. The van der Waals surface area contributed by atoms with Gasteiger partial charge in [0.15, 0.2) is 0 Å². The van der Waals surface area contributed by atoms with Gasteiger partial charge in [-0.05, 0) is 24.0 Å². The van der Waals surface area contributed by atoms with E-state index in [4.69, 9.17) is 11.6 Å². The van der Waals surface area contributed by atoms with Crippen LogP contribution in [0.25, 0.3) is 0 Å². The van der Waals surface area contributed by atoms with E-state index in [1.54, 1.807) is 6.07 Å². The van der Waals surface area contributed by atoms with E-state index in [1.807, 2.05) is 13.8 Å². The zero-order chi connectivity index (χ0) is 13.1. The summed E-state index contributed by atoms with van der Waals surface area (Å²) in [5.41, 5.74) is -0.0718. The van der Waals surface area contributed by atoms with Crippen LogP contribution in [0.1, 0.15) is 20.3 Å². The fourth-order valence-electron chi connectivity index (χ4n) is 1.15. The molecule has 0 unspecified atom stereocenters. The molecule has 1 aromatic heterocycles. The monoisotopic (exact) mass is 359 g/mol. The molecule has 0 fully saturated rings. The molecule has 0 aliphatic heterocycles. The van der Waals surface area contributed by atoms with Gasteiger partial charge >= 0.3 is 0 Å². The molecule has 17 heavy (non-hydrogen) atoms. The molecule has 0 atom stereocenters. The van der Waals surface area contributed by atoms with Crippen molar-refractivity contribution in [3.05, 3.63) is 16.5 Å². The van der Waals surface area contributed by atoms with Crippen molar-refractivity contribution >= 4 is 48.9 Å². The Morgan fingerprint density at radius 2 is 2.12 bits per heavy atom. The van der Waals surface area contributed by atoms with Crippen LogP contribution in [0.15, 0.2) is 16.3 Å². The highest BCUT2D eigenvalue weighted by molar-refractivity contribution is 9.09. The molecule has 1 rings (SSSR count). The van der Waals surface area contributed by atoms with Crippen LogP contribution < -0.4 is 4.72 Å². The third kappa shape index (κ3) is 4.87. The average Bonchev–Trinajstić information content (AvgIpc) is 2.63. The lowest BCUT2D eigenvalue weighted by Crippen LogP contribution is -2.33. The van der Waals surface area contributed by atoms with Gasteiger partial charge in [0.1, 0.15) is 4.21 Å². The normalized spacial score (nSPS) is 12.9. The van der Waals surface area contributed by atoms with E-state index in [-0.39, 0.29) is 9.62 Å². The molecule has 1 N–H and O–H groups in total. The summed E-state index contributed by atoms with van der Waals surface area (Å²) in [6.07, 6.45) is 0.903. The molecule has 98 valence electrons. The first-order valence-corrected chi connectivity index (χ1v) is 8.88. The van der Waals surface area contributed by atoms with Crippen LogP contribution in [0.4, 0.5) is 0 Å². The lowest BCUT2D eigenvalue weighted by Gasteiger charge is -2.23.